The van der Waals surface area contributed by atoms with E-state index in [1.807, 2.05) is 11.9 Å². The molecule has 1 aromatic heterocycles. The molecule has 0 aromatic carbocycles. The average molecular weight is 286 g/mol. The number of amides is 1. The topological polar surface area (TPSA) is 53.2 Å². The molecule has 1 N–H and O–H groups in total. The van der Waals surface area contributed by atoms with Crippen LogP contribution in [0.3, 0.4) is 0 Å². The molecule has 112 valence electrons. The lowest BCUT2D eigenvalue weighted by atomic mass is 9.54. The number of carbonyl (C=O) groups is 1. The standard InChI is InChI=1S/C17H22N2O2/c1-19(17(21)12-2-3-18-15(20)9-12)16-13-5-10-4-11(7-13)8-14(16)6-10/h2-3,9-11,13-14,16H,4-8H2,1H3,(H,18,20). The number of carbonyl (C=O) groups excluding carboxylic acids is 1. The summed E-state index contributed by atoms with van der Waals surface area (Å²) in [5.41, 5.74) is 0.300. The molecule has 4 saturated carbocycles. The fraction of sp³-hybridized carbons (Fsp3) is 0.647. The molecule has 4 bridgehead atoms. The van der Waals surface area contributed by atoms with Gasteiger partial charge in [0.25, 0.3) is 5.91 Å². The second kappa shape index (κ2) is 4.72. The van der Waals surface area contributed by atoms with Gasteiger partial charge in [0.15, 0.2) is 0 Å². The van der Waals surface area contributed by atoms with Crippen molar-refractivity contribution in [1.29, 1.82) is 0 Å². The first-order valence-electron chi connectivity index (χ1n) is 8.07. The van der Waals surface area contributed by atoms with E-state index in [-0.39, 0.29) is 11.5 Å². The molecule has 4 fully saturated rings. The van der Waals surface area contributed by atoms with E-state index < -0.39 is 0 Å². The van der Waals surface area contributed by atoms with Crippen molar-refractivity contribution < 1.29 is 4.79 Å². The Morgan fingerprint density at radius 2 is 1.76 bits per heavy atom. The van der Waals surface area contributed by atoms with Gasteiger partial charge in [-0.05, 0) is 61.8 Å². The number of aromatic amines is 1. The Labute approximate surface area is 124 Å². The van der Waals surface area contributed by atoms with Crippen LogP contribution in [0.1, 0.15) is 42.5 Å². The van der Waals surface area contributed by atoms with Gasteiger partial charge in [0.2, 0.25) is 5.56 Å². The summed E-state index contributed by atoms with van der Waals surface area (Å²) in [6.07, 6.45) is 8.16. The summed E-state index contributed by atoms with van der Waals surface area (Å²) >= 11 is 0. The molecule has 4 nitrogen and oxygen atoms in total. The maximum Gasteiger partial charge on any atom is 0.254 e. The first kappa shape index (κ1) is 13.1. The van der Waals surface area contributed by atoms with Crippen LogP contribution in [0.5, 0.6) is 0 Å². The Morgan fingerprint density at radius 1 is 1.14 bits per heavy atom. The van der Waals surface area contributed by atoms with Gasteiger partial charge >= 0.3 is 0 Å². The van der Waals surface area contributed by atoms with Gasteiger partial charge in [-0.3, -0.25) is 9.59 Å². The zero-order valence-electron chi connectivity index (χ0n) is 12.4. The van der Waals surface area contributed by atoms with Gasteiger partial charge in [-0.1, -0.05) is 0 Å². The summed E-state index contributed by atoms with van der Waals surface area (Å²) in [5.74, 6) is 3.17. The molecule has 1 heterocycles. The van der Waals surface area contributed by atoms with Crippen LogP contribution in [0.4, 0.5) is 0 Å². The van der Waals surface area contributed by atoms with Gasteiger partial charge in [0.05, 0.1) is 0 Å². The maximum atomic E-state index is 12.7. The quantitative estimate of drug-likeness (QED) is 0.906. The van der Waals surface area contributed by atoms with E-state index in [0.29, 0.717) is 23.4 Å². The first-order valence-corrected chi connectivity index (χ1v) is 8.07. The fourth-order valence-electron chi connectivity index (χ4n) is 5.45. The zero-order valence-corrected chi connectivity index (χ0v) is 12.4. The van der Waals surface area contributed by atoms with E-state index in [0.717, 1.165) is 11.8 Å². The van der Waals surface area contributed by atoms with Gasteiger partial charge in [-0.15, -0.1) is 0 Å². The highest BCUT2D eigenvalue weighted by Gasteiger charge is 2.50. The minimum atomic E-state index is -0.209. The van der Waals surface area contributed by atoms with Gasteiger partial charge < -0.3 is 9.88 Å². The van der Waals surface area contributed by atoms with Crippen molar-refractivity contribution in [2.75, 3.05) is 7.05 Å². The number of hydrogen-bond donors (Lipinski definition) is 1. The van der Waals surface area contributed by atoms with Crippen molar-refractivity contribution in [3.63, 3.8) is 0 Å². The zero-order chi connectivity index (χ0) is 14.6. The van der Waals surface area contributed by atoms with Crippen LogP contribution in [-0.4, -0.2) is 28.9 Å². The van der Waals surface area contributed by atoms with Crippen LogP contribution >= 0.6 is 0 Å². The predicted octanol–water partition coefficient (Wildman–Crippen LogP) is 2.27. The summed E-state index contributed by atoms with van der Waals surface area (Å²) in [4.78, 5) is 28.6. The number of hydrogen-bond acceptors (Lipinski definition) is 2. The van der Waals surface area contributed by atoms with Crippen molar-refractivity contribution in [3.05, 3.63) is 34.2 Å². The van der Waals surface area contributed by atoms with Crippen molar-refractivity contribution in [2.24, 2.45) is 23.7 Å². The third kappa shape index (κ3) is 2.12. The van der Waals surface area contributed by atoms with Crippen molar-refractivity contribution in [1.82, 2.24) is 9.88 Å². The third-order valence-corrected chi connectivity index (χ3v) is 5.97. The first-order chi connectivity index (χ1) is 10.1. The molecule has 0 saturated heterocycles. The van der Waals surface area contributed by atoms with Crippen molar-refractivity contribution >= 4 is 5.91 Å². The minimum Gasteiger partial charge on any atom is -0.338 e. The lowest BCUT2D eigenvalue weighted by molar-refractivity contribution is -0.0491. The fourth-order valence-corrected chi connectivity index (χ4v) is 5.45. The molecule has 4 aliphatic carbocycles. The van der Waals surface area contributed by atoms with Crippen molar-refractivity contribution in [3.8, 4) is 0 Å². The van der Waals surface area contributed by atoms with Gasteiger partial charge in [0, 0.05) is 30.9 Å². The second-order valence-electron chi connectivity index (χ2n) is 7.28. The Kier molecular flexibility index (Phi) is 2.95. The lowest BCUT2D eigenvalue weighted by Gasteiger charge is -2.56. The third-order valence-electron chi connectivity index (χ3n) is 5.97. The highest BCUT2D eigenvalue weighted by atomic mass is 16.2. The van der Waals surface area contributed by atoms with Crippen LogP contribution in [0.15, 0.2) is 23.1 Å². The monoisotopic (exact) mass is 286 g/mol. The van der Waals surface area contributed by atoms with Crippen LogP contribution < -0.4 is 5.56 Å². The summed E-state index contributed by atoms with van der Waals surface area (Å²) < 4.78 is 0. The Morgan fingerprint density at radius 3 is 2.33 bits per heavy atom. The Balaban J connectivity index is 1.58. The molecule has 21 heavy (non-hydrogen) atoms. The summed E-state index contributed by atoms with van der Waals surface area (Å²) in [5, 5.41) is 0. The molecule has 0 atom stereocenters. The molecule has 0 aliphatic heterocycles. The Hall–Kier alpha value is -1.58. The summed E-state index contributed by atoms with van der Waals surface area (Å²) in [6.45, 7) is 0. The number of pyridine rings is 1. The average Bonchev–Trinajstić information content (AvgIpc) is 2.45. The smallest absolute Gasteiger partial charge is 0.254 e. The lowest BCUT2D eigenvalue weighted by Crippen LogP contribution is -2.56. The number of aromatic nitrogens is 1. The molecule has 4 heteroatoms. The predicted molar refractivity (Wildman–Crippen MR) is 80.0 cm³/mol. The molecule has 4 aliphatic rings. The summed E-state index contributed by atoms with van der Waals surface area (Å²) in [7, 11) is 1.93. The maximum absolute atomic E-state index is 12.7. The summed E-state index contributed by atoms with van der Waals surface area (Å²) in [6, 6.07) is 3.50. The van der Waals surface area contributed by atoms with Crippen molar-refractivity contribution in [2.45, 2.75) is 38.1 Å². The number of rotatable bonds is 2. The van der Waals surface area contributed by atoms with Gasteiger partial charge in [-0.25, -0.2) is 0 Å². The molecule has 1 aromatic rings. The largest absolute Gasteiger partial charge is 0.338 e. The van der Waals surface area contributed by atoms with Crippen LogP contribution in [0.25, 0.3) is 0 Å². The van der Waals surface area contributed by atoms with E-state index >= 15 is 0 Å². The normalized spacial score (nSPS) is 36.7. The molecule has 0 spiro atoms. The number of nitrogens with one attached hydrogen (secondary N) is 1. The molecule has 1 amide bonds. The Bertz CT molecular complexity index is 593. The van der Waals surface area contributed by atoms with Crippen LogP contribution in [-0.2, 0) is 0 Å². The number of H-pyrrole nitrogens is 1. The SMILES string of the molecule is CN(C(=O)c1cc[nH]c(=O)c1)C1C2CC3CC(C2)CC1C3. The molecule has 0 unspecified atom stereocenters. The van der Waals surface area contributed by atoms with Gasteiger partial charge in [0.1, 0.15) is 0 Å². The second-order valence-corrected chi connectivity index (χ2v) is 7.28. The molecule has 0 radical (unpaired) electrons. The van der Waals surface area contributed by atoms with E-state index in [1.165, 1.54) is 38.2 Å². The van der Waals surface area contributed by atoms with E-state index in [1.54, 1.807) is 12.3 Å². The minimum absolute atomic E-state index is 0.00132. The van der Waals surface area contributed by atoms with E-state index in [2.05, 4.69) is 4.98 Å². The molecular weight excluding hydrogens is 264 g/mol. The molecular formula is C17H22N2O2. The highest BCUT2D eigenvalue weighted by Crippen LogP contribution is 2.55. The number of nitrogens with zero attached hydrogens (tertiary/aromatic N) is 1. The molecule has 5 rings (SSSR count). The van der Waals surface area contributed by atoms with Gasteiger partial charge in [-0.2, -0.15) is 0 Å². The van der Waals surface area contributed by atoms with E-state index in [4.69, 9.17) is 0 Å². The van der Waals surface area contributed by atoms with E-state index in [9.17, 15) is 9.59 Å². The highest BCUT2D eigenvalue weighted by molar-refractivity contribution is 5.94. The van der Waals surface area contributed by atoms with Crippen LogP contribution in [0, 0.1) is 23.7 Å². The van der Waals surface area contributed by atoms with Crippen LogP contribution in [0.2, 0.25) is 0 Å².